The fraction of sp³-hybridized carbons (Fsp3) is 0.238. The minimum Gasteiger partial charge on any atom is -0.494 e. The molecule has 150 valence electrons. The molecule has 29 heavy (non-hydrogen) atoms. The molecule has 8 heteroatoms. The summed E-state index contributed by atoms with van der Waals surface area (Å²) < 4.78 is 10.7. The Hall–Kier alpha value is -3.68. The first kappa shape index (κ1) is 20.1. The van der Waals surface area contributed by atoms with Crippen molar-refractivity contribution in [2.24, 2.45) is 5.73 Å². The largest absolute Gasteiger partial charge is 0.494 e. The number of carbonyl (C=O) groups is 2. The maximum atomic E-state index is 12.4. The molecule has 0 aliphatic heterocycles. The van der Waals surface area contributed by atoms with E-state index in [1.54, 1.807) is 31.3 Å². The van der Waals surface area contributed by atoms with Crippen LogP contribution in [0, 0.1) is 0 Å². The average Bonchev–Trinajstić information content (AvgIpc) is 3.21. The van der Waals surface area contributed by atoms with Gasteiger partial charge in [-0.05, 0) is 55.5 Å². The second-order valence-corrected chi connectivity index (χ2v) is 6.33. The highest BCUT2D eigenvalue weighted by Crippen LogP contribution is 2.21. The van der Waals surface area contributed by atoms with Crippen LogP contribution >= 0.6 is 0 Å². The Labute approximate surface area is 168 Å². The number of hydrogen-bond donors (Lipinski definition) is 1. The van der Waals surface area contributed by atoms with Crippen LogP contribution in [0.2, 0.25) is 0 Å². The van der Waals surface area contributed by atoms with Gasteiger partial charge in [0.15, 0.2) is 0 Å². The molecule has 3 aromatic rings. The fourth-order valence-corrected chi connectivity index (χ4v) is 2.72. The van der Waals surface area contributed by atoms with Crippen molar-refractivity contribution >= 4 is 17.5 Å². The predicted molar refractivity (Wildman–Crippen MR) is 108 cm³/mol. The van der Waals surface area contributed by atoms with Gasteiger partial charge in [0.25, 0.3) is 0 Å². The molecule has 1 heterocycles. The molecule has 8 nitrogen and oxygen atoms in total. The van der Waals surface area contributed by atoms with Crippen molar-refractivity contribution in [1.29, 1.82) is 0 Å². The van der Waals surface area contributed by atoms with Crippen LogP contribution in [0.1, 0.15) is 29.6 Å². The van der Waals surface area contributed by atoms with Crippen LogP contribution in [-0.2, 0) is 11.2 Å². The molecule has 1 aromatic heterocycles. The lowest BCUT2D eigenvalue weighted by molar-refractivity contribution is -0.118. The Morgan fingerprint density at radius 2 is 1.79 bits per heavy atom. The maximum Gasteiger partial charge on any atom is 0.248 e. The Kier molecular flexibility index (Phi) is 6.23. The second-order valence-electron chi connectivity index (χ2n) is 6.33. The number of nitrogens with zero attached hydrogens (tertiary/aromatic N) is 3. The Balaban J connectivity index is 1.58. The van der Waals surface area contributed by atoms with Gasteiger partial charge in [-0.15, -0.1) is 0 Å². The number of amides is 2. The first-order valence-electron chi connectivity index (χ1n) is 9.20. The summed E-state index contributed by atoms with van der Waals surface area (Å²) in [7, 11) is 1.67. The van der Waals surface area contributed by atoms with E-state index < -0.39 is 5.91 Å². The number of primary amides is 1. The van der Waals surface area contributed by atoms with Crippen molar-refractivity contribution in [3.8, 4) is 17.1 Å². The molecule has 0 saturated carbocycles. The third kappa shape index (κ3) is 4.98. The molecular weight excluding hydrogens is 372 g/mol. The predicted octanol–water partition coefficient (Wildman–Crippen LogP) is 2.83. The van der Waals surface area contributed by atoms with E-state index in [1.165, 1.54) is 4.90 Å². The Morgan fingerprint density at radius 1 is 1.10 bits per heavy atom. The van der Waals surface area contributed by atoms with E-state index >= 15 is 0 Å². The molecule has 2 aromatic carbocycles. The molecule has 2 amide bonds. The number of anilines is 1. The Bertz CT molecular complexity index is 981. The zero-order chi connectivity index (χ0) is 20.8. The van der Waals surface area contributed by atoms with Gasteiger partial charge < -0.3 is 19.9 Å². The van der Waals surface area contributed by atoms with Crippen LogP contribution in [0.4, 0.5) is 5.69 Å². The second kappa shape index (κ2) is 9.01. The summed E-state index contributed by atoms with van der Waals surface area (Å²) in [6.07, 6.45) is 0.533. The van der Waals surface area contributed by atoms with Crippen molar-refractivity contribution in [3.05, 3.63) is 60.0 Å². The number of nitrogens with two attached hydrogens (primary N) is 1. The number of aryl methyl sites for hydroxylation is 1. The van der Waals surface area contributed by atoms with E-state index in [-0.39, 0.29) is 12.3 Å². The van der Waals surface area contributed by atoms with Crippen LogP contribution in [0.25, 0.3) is 11.4 Å². The van der Waals surface area contributed by atoms with E-state index in [0.717, 1.165) is 11.3 Å². The quantitative estimate of drug-likeness (QED) is 0.629. The van der Waals surface area contributed by atoms with Crippen LogP contribution in [0.15, 0.2) is 53.1 Å². The lowest BCUT2D eigenvalue weighted by Gasteiger charge is -2.17. The number of hydrogen-bond acceptors (Lipinski definition) is 6. The topological polar surface area (TPSA) is 112 Å². The van der Waals surface area contributed by atoms with Gasteiger partial charge >= 0.3 is 0 Å². The molecule has 0 aliphatic rings. The molecule has 0 saturated heterocycles. The monoisotopic (exact) mass is 394 g/mol. The van der Waals surface area contributed by atoms with Gasteiger partial charge in [0.05, 0.1) is 6.61 Å². The van der Waals surface area contributed by atoms with E-state index in [9.17, 15) is 9.59 Å². The van der Waals surface area contributed by atoms with E-state index in [1.807, 2.05) is 31.2 Å². The van der Waals surface area contributed by atoms with Gasteiger partial charge in [-0.3, -0.25) is 9.59 Å². The van der Waals surface area contributed by atoms with Crippen molar-refractivity contribution in [2.45, 2.75) is 19.8 Å². The van der Waals surface area contributed by atoms with Crippen molar-refractivity contribution < 1.29 is 18.8 Å². The SMILES string of the molecule is CCOc1ccc(-c2noc(CCC(=O)N(C)c3ccc(C(N)=O)cc3)n2)cc1. The summed E-state index contributed by atoms with van der Waals surface area (Å²) in [5, 5.41) is 3.97. The van der Waals surface area contributed by atoms with Crippen LogP contribution in [0.5, 0.6) is 5.75 Å². The summed E-state index contributed by atoms with van der Waals surface area (Å²) >= 11 is 0. The van der Waals surface area contributed by atoms with Crippen LogP contribution < -0.4 is 15.4 Å². The van der Waals surface area contributed by atoms with Gasteiger partial charge in [-0.2, -0.15) is 4.98 Å². The molecule has 0 atom stereocenters. The van der Waals surface area contributed by atoms with Gasteiger partial charge in [-0.25, -0.2) is 0 Å². The third-order valence-corrected chi connectivity index (χ3v) is 4.36. The summed E-state index contributed by atoms with van der Waals surface area (Å²) in [6.45, 7) is 2.53. The number of aromatic nitrogens is 2. The smallest absolute Gasteiger partial charge is 0.248 e. The van der Waals surface area contributed by atoms with Crippen molar-refractivity contribution in [1.82, 2.24) is 10.1 Å². The van der Waals surface area contributed by atoms with E-state index in [4.69, 9.17) is 15.0 Å². The number of carbonyl (C=O) groups excluding carboxylic acids is 2. The Morgan fingerprint density at radius 3 is 2.41 bits per heavy atom. The number of rotatable bonds is 8. The maximum absolute atomic E-state index is 12.4. The summed E-state index contributed by atoms with van der Waals surface area (Å²) in [5.74, 6) is 1.01. The molecule has 0 aliphatic carbocycles. The minimum atomic E-state index is -0.509. The molecule has 2 N–H and O–H groups in total. The lowest BCUT2D eigenvalue weighted by Crippen LogP contribution is -2.26. The normalized spacial score (nSPS) is 10.6. The molecule has 0 radical (unpaired) electrons. The zero-order valence-corrected chi connectivity index (χ0v) is 16.3. The molecule has 3 rings (SSSR count). The average molecular weight is 394 g/mol. The lowest BCUT2D eigenvalue weighted by atomic mass is 10.2. The highest BCUT2D eigenvalue weighted by Gasteiger charge is 2.15. The summed E-state index contributed by atoms with van der Waals surface area (Å²) in [6, 6.07) is 13.9. The molecule has 0 unspecified atom stereocenters. The van der Waals surface area contributed by atoms with Crippen LogP contribution in [-0.4, -0.2) is 35.6 Å². The minimum absolute atomic E-state index is 0.113. The summed E-state index contributed by atoms with van der Waals surface area (Å²) in [4.78, 5) is 29.4. The third-order valence-electron chi connectivity index (χ3n) is 4.36. The molecular formula is C21H22N4O4. The molecule has 0 spiro atoms. The van der Waals surface area contributed by atoms with Gasteiger partial charge in [0.2, 0.25) is 23.5 Å². The van der Waals surface area contributed by atoms with Crippen molar-refractivity contribution in [3.63, 3.8) is 0 Å². The number of benzene rings is 2. The molecule has 0 fully saturated rings. The standard InChI is InChI=1S/C21H22N4O4/c1-3-28-17-10-6-15(7-11-17)21-23-18(29-24-21)12-13-19(26)25(2)16-8-4-14(5-9-16)20(22)27/h4-11H,3,12-13H2,1-2H3,(H2,22,27). The zero-order valence-electron chi connectivity index (χ0n) is 16.3. The van der Waals surface area contributed by atoms with Crippen LogP contribution in [0.3, 0.4) is 0 Å². The van der Waals surface area contributed by atoms with E-state index in [0.29, 0.717) is 36.0 Å². The number of ether oxygens (including phenoxy) is 1. The summed E-state index contributed by atoms with van der Waals surface area (Å²) in [5.41, 5.74) is 7.09. The highest BCUT2D eigenvalue weighted by atomic mass is 16.5. The van der Waals surface area contributed by atoms with Gasteiger partial charge in [-0.1, -0.05) is 5.16 Å². The highest BCUT2D eigenvalue weighted by molar-refractivity contribution is 5.95. The van der Waals surface area contributed by atoms with Gasteiger partial charge in [0.1, 0.15) is 5.75 Å². The fourth-order valence-electron chi connectivity index (χ4n) is 2.72. The van der Waals surface area contributed by atoms with Crippen molar-refractivity contribution in [2.75, 3.05) is 18.6 Å². The molecule has 0 bridgehead atoms. The first-order valence-corrected chi connectivity index (χ1v) is 9.20. The first-order chi connectivity index (χ1) is 14.0. The van der Waals surface area contributed by atoms with Gasteiger partial charge in [0, 0.05) is 36.7 Å². The van der Waals surface area contributed by atoms with E-state index in [2.05, 4.69) is 10.1 Å².